The Bertz CT molecular complexity index is 2630. The lowest BCUT2D eigenvalue weighted by atomic mass is 10.1. The minimum absolute atomic E-state index is 0.0135. The molecule has 0 bridgehead atoms. The van der Waals surface area contributed by atoms with E-state index >= 15 is 0 Å². The van der Waals surface area contributed by atoms with Crippen LogP contribution in [0, 0.1) is 43.3 Å². The lowest BCUT2D eigenvalue weighted by molar-refractivity contribution is -0.140. The first-order valence-corrected chi connectivity index (χ1v) is 25.8. The quantitative estimate of drug-likeness (QED) is 0.0345. The third-order valence-electron chi connectivity index (χ3n) is 8.17. The first-order valence-electron chi connectivity index (χ1n) is 19.7. The number of benzene rings is 5. The van der Waals surface area contributed by atoms with Gasteiger partial charge < -0.3 is 19.7 Å². The number of hydrogen-bond acceptors (Lipinski definition) is 8. The van der Waals surface area contributed by atoms with Gasteiger partial charge in [0.2, 0.25) is 0 Å². The minimum Gasteiger partial charge on any atom is -0.481 e. The maximum atomic E-state index is 11.3. The number of carboxylic acid groups (broad SMARTS) is 2. The summed E-state index contributed by atoms with van der Waals surface area (Å²) in [5.41, 5.74) is 9.90. The molecule has 14 heteroatoms. The summed E-state index contributed by atoms with van der Waals surface area (Å²) in [6.45, 7) is 6.59. The molecule has 0 saturated carbocycles. The van der Waals surface area contributed by atoms with Crippen LogP contribution in [0.4, 0.5) is 0 Å². The second-order valence-corrected chi connectivity index (χ2v) is 21.6. The number of aliphatic imine (C=N–C) groups is 1. The Hall–Kier alpha value is -6.19. The Kier molecular flexibility index (Phi) is 28.4. The van der Waals surface area contributed by atoms with E-state index in [0.29, 0.717) is 23.1 Å². The van der Waals surface area contributed by atoms with Crippen LogP contribution in [0.15, 0.2) is 126 Å². The van der Waals surface area contributed by atoms with Crippen molar-refractivity contribution in [3.63, 3.8) is 0 Å². The van der Waals surface area contributed by atoms with Crippen molar-refractivity contribution >= 4 is 100 Å². The smallest absolute Gasteiger partial charge is 0.310 e. The Balaban J connectivity index is 0.000000416. The topological polar surface area (TPSA) is 157 Å². The van der Waals surface area contributed by atoms with Crippen LogP contribution >= 0.6 is 57.4 Å². The van der Waals surface area contributed by atoms with Gasteiger partial charge in [0.15, 0.2) is 0 Å². The maximum Gasteiger partial charge on any atom is 0.310 e. The number of hydrogen-bond donors (Lipinski definition) is 2. The number of aliphatic carboxylic acids is 2. The fourth-order valence-electron chi connectivity index (χ4n) is 5.00. The molecule has 0 radical (unpaired) electrons. The molecule has 0 aliphatic heterocycles. The van der Waals surface area contributed by atoms with Gasteiger partial charge in [-0.3, -0.25) is 24.0 Å². The molecule has 0 heterocycles. The molecule has 5 aromatic carbocycles. The van der Waals surface area contributed by atoms with Gasteiger partial charge in [-0.15, -0.1) is 18.4 Å². The van der Waals surface area contributed by atoms with Gasteiger partial charge in [-0.25, -0.2) is 0 Å². The van der Waals surface area contributed by atoms with Gasteiger partial charge in [0.05, 0.1) is 51.5 Å². The van der Waals surface area contributed by atoms with Crippen LogP contribution in [0.25, 0.3) is 0 Å². The van der Waals surface area contributed by atoms with Gasteiger partial charge in [0.1, 0.15) is 8.07 Å². The molecule has 0 aliphatic rings. The first kappa shape index (κ1) is 57.8. The molecule has 0 aliphatic carbocycles. The van der Waals surface area contributed by atoms with Gasteiger partial charge in [-0.1, -0.05) is 128 Å². The molecule has 0 fully saturated rings. The zero-order valence-corrected chi connectivity index (χ0v) is 43.2. The number of ether oxygens (including phenoxy) is 2. The van der Waals surface area contributed by atoms with Gasteiger partial charge in [-0.05, 0) is 116 Å². The average Bonchev–Trinajstić information content (AvgIpc) is 3.28. The van der Waals surface area contributed by atoms with Crippen LogP contribution in [0.5, 0.6) is 0 Å². The highest BCUT2D eigenvalue weighted by Crippen LogP contribution is 2.14. The van der Waals surface area contributed by atoms with E-state index in [1.54, 1.807) is 36.4 Å². The maximum absolute atomic E-state index is 11.3. The summed E-state index contributed by atoms with van der Waals surface area (Å²) >= 11 is 8.66. The number of terminal acetylenes is 2. The van der Waals surface area contributed by atoms with E-state index in [9.17, 15) is 24.0 Å². The van der Waals surface area contributed by atoms with Crippen molar-refractivity contribution in [2.45, 2.75) is 51.7 Å². The summed E-state index contributed by atoms with van der Waals surface area (Å²) < 4.78 is 11.3. The van der Waals surface area contributed by atoms with E-state index in [4.69, 9.17) is 23.1 Å². The molecule has 66 heavy (non-hydrogen) atoms. The van der Waals surface area contributed by atoms with E-state index in [1.807, 2.05) is 90.1 Å². The fraction of sp³-hybridized carbons (Fsp3) is 0.192. The normalized spacial score (nSPS) is 9.41. The van der Waals surface area contributed by atoms with Crippen molar-refractivity contribution in [2.24, 2.45) is 4.99 Å². The van der Waals surface area contributed by atoms with Crippen LogP contribution in [0.3, 0.4) is 0 Å². The molecule has 0 unspecified atom stereocenters. The van der Waals surface area contributed by atoms with Crippen molar-refractivity contribution in [3.8, 4) is 36.2 Å². The largest absolute Gasteiger partial charge is 0.481 e. The summed E-state index contributed by atoms with van der Waals surface area (Å²) in [6, 6.07) is 37.2. The summed E-state index contributed by atoms with van der Waals surface area (Å²) in [5, 5.41) is 19.0. The number of thiocarbonyl (C=S) groups is 1. The van der Waals surface area contributed by atoms with E-state index in [1.165, 1.54) is 14.2 Å². The van der Waals surface area contributed by atoms with E-state index in [-0.39, 0.29) is 43.5 Å². The average molecular weight is 1150 g/mol. The third kappa shape index (κ3) is 25.3. The number of carbonyl (C=O) groups is 5. The molecule has 2 N–H and O–H groups in total. The van der Waals surface area contributed by atoms with Crippen LogP contribution in [0.2, 0.25) is 19.6 Å². The highest BCUT2D eigenvalue weighted by Gasteiger charge is 2.10. The Morgan fingerprint density at radius 1 is 0.561 bits per heavy atom. The Labute approximate surface area is 420 Å². The van der Waals surface area contributed by atoms with Gasteiger partial charge >= 0.3 is 23.9 Å². The van der Waals surface area contributed by atoms with E-state index in [0.717, 1.165) is 35.0 Å². The first-order chi connectivity index (χ1) is 31.4. The van der Waals surface area contributed by atoms with Crippen LogP contribution < -0.4 is 0 Å². The molecule has 340 valence electrons. The Morgan fingerprint density at radius 3 is 1.27 bits per heavy atom. The number of rotatable bonds is 10. The number of esters is 2. The SMILES string of the molecule is C#Cc1ccccc1CC(=O)N=C=S.C#Cc1ccccc1CC(=O)O.COC(=O)Cc1ccccc1C#C[Si](C)(C)C.COC(=O)Cc1ccccc1I.O=C(O)Cc1ccccc1I. The van der Waals surface area contributed by atoms with E-state index in [2.05, 4.69) is 115 Å². The lowest BCUT2D eigenvalue weighted by Crippen LogP contribution is -2.16. The lowest BCUT2D eigenvalue weighted by Gasteiger charge is -2.06. The highest BCUT2D eigenvalue weighted by atomic mass is 127. The molecule has 0 spiro atoms. The molecular formula is C52H49I2NO9SSi. The number of carboxylic acids is 2. The molecule has 0 saturated heterocycles. The van der Waals surface area contributed by atoms with Gasteiger partial charge in [0.25, 0.3) is 5.91 Å². The van der Waals surface area contributed by atoms with Gasteiger partial charge in [0, 0.05) is 23.8 Å². The second-order valence-electron chi connectivity index (χ2n) is 14.4. The van der Waals surface area contributed by atoms with Gasteiger partial charge in [-0.2, -0.15) is 4.99 Å². The fourth-order valence-corrected chi connectivity index (χ4v) is 6.77. The number of halogens is 2. The number of isothiocyanates is 1. The van der Waals surface area contributed by atoms with Crippen molar-refractivity contribution in [3.05, 3.63) is 173 Å². The molecule has 0 atom stereocenters. The molecule has 0 aromatic heterocycles. The van der Waals surface area contributed by atoms with Crippen LogP contribution in [-0.4, -0.2) is 67.5 Å². The zero-order chi connectivity index (χ0) is 49.5. The van der Waals surface area contributed by atoms with Crippen molar-refractivity contribution in [1.82, 2.24) is 0 Å². The molecular weight excluding hydrogens is 1100 g/mol. The summed E-state index contributed by atoms with van der Waals surface area (Å²) in [4.78, 5) is 57.3. The van der Waals surface area contributed by atoms with Crippen molar-refractivity contribution in [1.29, 1.82) is 0 Å². The van der Waals surface area contributed by atoms with Crippen molar-refractivity contribution < 1.29 is 43.7 Å². The predicted octanol–water partition coefficient (Wildman–Crippen LogP) is 9.69. The molecule has 5 rings (SSSR count). The number of methoxy groups -OCH3 is 2. The second kappa shape index (κ2) is 32.5. The van der Waals surface area contributed by atoms with Crippen LogP contribution in [-0.2, 0) is 65.6 Å². The summed E-state index contributed by atoms with van der Waals surface area (Å²) in [6.07, 6.45) is 11.4. The minimum atomic E-state index is -1.39. The Morgan fingerprint density at radius 2 is 0.894 bits per heavy atom. The number of amides is 1. The summed E-state index contributed by atoms with van der Waals surface area (Å²) in [7, 11) is 1.41. The molecule has 5 aromatic rings. The predicted molar refractivity (Wildman–Crippen MR) is 282 cm³/mol. The third-order valence-corrected chi connectivity index (χ3v) is 11.2. The monoisotopic (exact) mass is 1150 g/mol. The standard InChI is InChI=1S/C14H18O2Si.C11H7NOS.C10H8O2.C9H9IO2.C8H7IO2/c1-16-14(15)11-13-8-6-5-7-12(13)9-10-17(2,3)4;1-2-9-5-3-4-6-10(9)7-11(13)12-8-14;1-2-8-5-3-4-6-9(8)7-10(11)12;1-12-9(11)6-7-4-2-3-5-8(7)10;9-7-4-2-1-3-6(7)5-8(10)11/h5-8H,11H2,1-4H3;1,3-6H,7H2;1,3-6H,7H2,(H,11,12);2-5H,6H2,1H3;1-4H,5H2,(H,10,11). The van der Waals surface area contributed by atoms with Crippen LogP contribution in [0.1, 0.15) is 44.5 Å². The van der Waals surface area contributed by atoms with E-state index < -0.39 is 20.0 Å². The zero-order valence-electron chi connectivity index (χ0n) is 37.1. The highest BCUT2D eigenvalue weighted by molar-refractivity contribution is 14.1. The number of nitrogens with zero attached hydrogens (tertiary/aromatic N) is 1. The summed E-state index contributed by atoms with van der Waals surface area (Å²) in [5.74, 6) is 5.72. The van der Waals surface area contributed by atoms with Crippen molar-refractivity contribution in [2.75, 3.05) is 14.2 Å². The number of carbonyl (C=O) groups excluding carboxylic acids is 3. The molecule has 1 amide bonds. The molecule has 10 nitrogen and oxygen atoms in total.